The first-order chi connectivity index (χ1) is 13.0. The Labute approximate surface area is 159 Å². The van der Waals surface area contributed by atoms with Crippen LogP contribution in [0.3, 0.4) is 0 Å². The molecule has 0 radical (unpaired) electrons. The Morgan fingerprint density at radius 2 is 1.78 bits per heavy atom. The van der Waals surface area contributed by atoms with E-state index >= 15 is 0 Å². The molecule has 3 rings (SSSR count). The number of carbonyl (C=O) groups excluding carboxylic acids is 2. The maximum Gasteiger partial charge on any atom is 0.238 e. The SMILES string of the molecule is CC(=O)N(C)c1ccc(NC(=O)CN2CCN(c3ccccn3)CC2)cc1. The fraction of sp³-hybridized carbons (Fsp3) is 0.350. The van der Waals surface area contributed by atoms with Crippen LogP contribution in [0.2, 0.25) is 0 Å². The topological polar surface area (TPSA) is 68.8 Å². The lowest BCUT2D eigenvalue weighted by molar-refractivity contribution is -0.117. The monoisotopic (exact) mass is 367 g/mol. The van der Waals surface area contributed by atoms with Crippen molar-refractivity contribution in [2.45, 2.75) is 6.92 Å². The van der Waals surface area contributed by atoms with Gasteiger partial charge in [-0.25, -0.2) is 4.98 Å². The minimum atomic E-state index is -0.0334. The van der Waals surface area contributed by atoms with Crippen LogP contribution in [0.4, 0.5) is 17.2 Å². The van der Waals surface area contributed by atoms with Crippen molar-refractivity contribution in [1.29, 1.82) is 0 Å². The zero-order valence-electron chi connectivity index (χ0n) is 15.8. The van der Waals surface area contributed by atoms with E-state index in [1.807, 2.05) is 42.5 Å². The molecule has 1 saturated heterocycles. The lowest BCUT2D eigenvalue weighted by atomic mass is 10.2. The van der Waals surface area contributed by atoms with E-state index in [1.165, 1.54) is 6.92 Å². The number of benzene rings is 1. The van der Waals surface area contributed by atoms with E-state index in [0.29, 0.717) is 6.54 Å². The Hall–Kier alpha value is -2.93. The van der Waals surface area contributed by atoms with Crippen molar-refractivity contribution in [2.24, 2.45) is 0 Å². The Balaban J connectivity index is 1.47. The number of nitrogens with zero attached hydrogens (tertiary/aromatic N) is 4. The molecule has 2 heterocycles. The largest absolute Gasteiger partial charge is 0.354 e. The molecule has 0 saturated carbocycles. The highest BCUT2D eigenvalue weighted by Crippen LogP contribution is 2.17. The molecule has 2 amide bonds. The van der Waals surface area contributed by atoms with Crippen molar-refractivity contribution < 1.29 is 9.59 Å². The summed E-state index contributed by atoms with van der Waals surface area (Å²) in [6, 6.07) is 13.2. The number of carbonyl (C=O) groups is 2. The van der Waals surface area contributed by atoms with E-state index in [-0.39, 0.29) is 11.8 Å². The van der Waals surface area contributed by atoms with Crippen LogP contribution >= 0.6 is 0 Å². The average molecular weight is 367 g/mol. The number of anilines is 3. The second kappa shape index (κ2) is 8.64. The minimum absolute atomic E-state index is 0.0309. The molecule has 1 aromatic carbocycles. The summed E-state index contributed by atoms with van der Waals surface area (Å²) >= 11 is 0. The van der Waals surface area contributed by atoms with Gasteiger partial charge in [0.15, 0.2) is 0 Å². The third-order valence-corrected chi connectivity index (χ3v) is 4.72. The van der Waals surface area contributed by atoms with E-state index in [4.69, 9.17) is 0 Å². The third-order valence-electron chi connectivity index (χ3n) is 4.72. The van der Waals surface area contributed by atoms with E-state index in [1.54, 1.807) is 18.1 Å². The van der Waals surface area contributed by atoms with E-state index in [0.717, 1.165) is 43.4 Å². The summed E-state index contributed by atoms with van der Waals surface area (Å²) in [5, 5.41) is 2.92. The number of nitrogens with one attached hydrogen (secondary N) is 1. The van der Waals surface area contributed by atoms with Crippen LogP contribution in [0.5, 0.6) is 0 Å². The number of amides is 2. The number of pyridine rings is 1. The molecule has 1 aromatic heterocycles. The summed E-state index contributed by atoms with van der Waals surface area (Å²) in [4.78, 5) is 34.0. The molecule has 142 valence electrons. The summed E-state index contributed by atoms with van der Waals surface area (Å²) in [6.07, 6.45) is 1.80. The van der Waals surface area contributed by atoms with Gasteiger partial charge in [0.1, 0.15) is 5.82 Å². The minimum Gasteiger partial charge on any atom is -0.354 e. The molecule has 0 atom stereocenters. The first-order valence-electron chi connectivity index (χ1n) is 9.05. The maximum atomic E-state index is 12.3. The molecule has 7 heteroatoms. The number of hydrogen-bond acceptors (Lipinski definition) is 5. The predicted octanol–water partition coefficient (Wildman–Crippen LogP) is 1.82. The fourth-order valence-electron chi connectivity index (χ4n) is 3.03. The normalized spacial score (nSPS) is 14.7. The Morgan fingerprint density at radius 1 is 1.07 bits per heavy atom. The van der Waals surface area contributed by atoms with Crippen molar-refractivity contribution in [2.75, 3.05) is 54.9 Å². The summed E-state index contributed by atoms with van der Waals surface area (Å²) in [6.45, 7) is 5.25. The van der Waals surface area contributed by atoms with Crippen LogP contribution < -0.4 is 15.1 Å². The van der Waals surface area contributed by atoms with Gasteiger partial charge in [0.25, 0.3) is 0 Å². The number of rotatable bonds is 5. The van der Waals surface area contributed by atoms with Gasteiger partial charge in [-0.05, 0) is 36.4 Å². The van der Waals surface area contributed by atoms with Gasteiger partial charge in [-0.3, -0.25) is 14.5 Å². The quantitative estimate of drug-likeness (QED) is 0.873. The number of aromatic nitrogens is 1. The standard InChI is InChI=1S/C20H25N5O2/c1-16(26)23(2)18-8-6-17(7-9-18)22-20(27)15-24-11-13-25(14-12-24)19-5-3-4-10-21-19/h3-10H,11-15H2,1-2H3,(H,22,27). The first-order valence-corrected chi connectivity index (χ1v) is 9.05. The zero-order chi connectivity index (χ0) is 19.2. The Bertz CT molecular complexity index is 771. The van der Waals surface area contributed by atoms with E-state index < -0.39 is 0 Å². The average Bonchev–Trinajstić information content (AvgIpc) is 2.69. The van der Waals surface area contributed by atoms with E-state index in [9.17, 15) is 9.59 Å². The second-order valence-electron chi connectivity index (χ2n) is 6.62. The second-order valence-corrected chi connectivity index (χ2v) is 6.62. The summed E-state index contributed by atoms with van der Waals surface area (Å²) < 4.78 is 0. The number of hydrogen-bond donors (Lipinski definition) is 1. The molecule has 27 heavy (non-hydrogen) atoms. The van der Waals surface area contributed by atoms with Crippen molar-refractivity contribution in [3.8, 4) is 0 Å². The maximum absolute atomic E-state index is 12.3. The molecule has 0 spiro atoms. The molecule has 1 fully saturated rings. The molecule has 0 unspecified atom stereocenters. The van der Waals surface area contributed by atoms with Crippen LogP contribution in [0, 0.1) is 0 Å². The van der Waals surface area contributed by atoms with Crippen LogP contribution in [-0.4, -0.2) is 61.5 Å². The highest BCUT2D eigenvalue weighted by Gasteiger charge is 2.19. The van der Waals surface area contributed by atoms with Crippen LogP contribution in [-0.2, 0) is 9.59 Å². The van der Waals surface area contributed by atoms with Gasteiger partial charge in [0.05, 0.1) is 6.54 Å². The lowest BCUT2D eigenvalue weighted by Gasteiger charge is -2.34. The molecule has 1 aliphatic rings. The highest BCUT2D eigenvalue weighted by molar-refractivity contribution is 5.93. The van der Waals surface area contributed by atoms with Gasteiger partial charge in [-0.1, -0.05) is 6.07 Å². The lowest BCUT2D eigenvalue weighted by Crippen LogP contribution is -2.48. The van der Waals surface area contributed by atoms with Gasteiger partial charge >= 0.3 is 0 Å². The summed E-state index contributed by atoms with van der Waals surface area (Å²) in [5.41, 5.74) is 1.53. The molecule has 1 aliphatic heterocycles. The number of piperazine rings is 1. The fourth-order valence-corrected chi connectivity index (χ4v) is 3.03. The van der Waals surface area contributed by atoms with Gasteiger partial charge in [0.2, 0.25) is 11.8 Å². The van der Waals surface area contributed by atoms with Crippen molar-refractivity contribution in [3.05, 3.63) is 48.7 Å². The molecular weight excluding hydrogens is 342 g/mol. The van der Waals surface area contributed by atoms with E-state index in [2.05, 4.69) is 20.1 Å². The van der Waals surface area contributed by atoms with Gasteiger partial charge in [-0.15, -0.1) is 0 Å². The van der Waals surface area contributed by atoms with Gasteiger partial charge < -0.3 is 15.1 Å². The first kappa shape index (κ1) is 18.8. The van der Waals surface area contributed by atoms with Crippen molar-refractivity contribution in [3.63, 3.8) is 0 Å². The zero-order valence-corrected chi connectivity index (χ0v) is 15.8. The molecule has 0 aliphatic carbocycles. The van der Waals surface area contributed by atoms with Crippen molar-refractivity contribution in [1.82, 2.24) is 9.88 Å². The molecule has 7 nitrogen and oxygen atoms in total. The molecular formula is C20H25N5O2. The Morgan fingerprint density at radius 3 is 2.37 bits per heavy atom. The molecule has 0 bridgehead atoms. The van der Waals surface area contributed by atoms with Crippen LogP contribution in [0.25, 0.3) is 0 Å². The third kappa shape index (κ3) is 5.04. The summed E-state index contributed by atoms with van der Waals surface area (Å²) in [5.74, 6) is 0.919. The van der Waals surface area contributed by atoms with Gasteiger partial charge in [0, 0.05) is 57.7 Å². The van der Waals surface area contributed by atoms with Crippen LogP contribution in [0.1, 0.15) is 6.92 Å². The molecule has 2 aromatic rings. The molecule has 1 N–H and O–H groups in total. The highest BCUT2D eigenvalue weighted by atomic mass is 16.2. The smallest absolute Gasteiger partial charge is 0.238 e. The van der Waals surface area contributed by atoms with Gasteiger partial charge in [-0.2, -0.15) is 0 Å². The van der Waals surface area contributed by atoms with Crippen LogP contribution in [0.15, 0.2) is 48.7 Å². The Kier molecular flexibility index (Phi) is 6.03. The summed E-state index contributed by atoms with van der Waals surface area (Å²) in [7, 11) is 1.72. The predicted molar refractivity (Wildman–Crippen MR) is 107 cm³/mol. The van der Waals surface area contributed by atoms with Crippen molar-refractivity contribution >= 4 is 29.0 Å².